The largest absolute Gasteiger partial charge is 0.384 e. The molecule has 0 bridgehead atoms. The Hall–Kier alpha value is -1.85. The lowest BCUT2D eigenvalue weighted by Crippen LogP contribution is -2.29. The number of nitrogens with zero attached hydrogens (tertiary/aromatic N) is 1. The number of nitrogens with one attached hydrogen (secondary N) is 2. The highest BCUT2D eigenvalue weighted by Crippen LogP contribution is 2.27. The number of aromatic nitrogens is 2. The third-order valence-electron chi connectivity index (χ3n) is 2.91. The van der Waals surface area contributed by atoms with Gasteiger partial charge >= 0.3 is 0 Å². The highest BCUT2D eigenvalue weighted by Gasteiger charge is 2.18. The monoisotopic (exact) mass is 231 g/mol. The van der Waals surface area contributed by atoms with Gasteiger partial charge in [-0.3, -0.25) is 10.9 Å². The van der Waals surface area contributed by atoms with E-state index < -0.39 is 0 Å². The number of hydrazine groups is 1. The summed E-state index contributed by atoms with van der Waals surface area (Å²) in [5.74, 6) is 6.16. The molecule has 0 aliphatic rings. The van der Waals surface area contributed by atoms with Gasteiger partial charge in [0.25, 0.3) is 0 Å². The Morgan fingerprint density at radius 1 is 1.29 bits per heavy atom. The maximum Gasteiger partial charge on any atom is 0.124 e. The van der Waals surface area contributed by atoms with E-state index in [1.54, 1.807) is 6.20 Å². The van der Waals surface area contributed by atoms with Gasteiger partial charge in [-0.2, -0.15) is 5.10 Å². The van der Waals surface area contributed by atoms with Crippen LogP contribution >= 0.6 is 0 Å². The van der Waals surface area contributed by atoms with Crippen LogP contribution in [0.5, 0.6) is 0 Å². The van der Waals surface area contributed by atoms with Gasteiger partial charge in [0.15, 0.2) is 0 Å². The summed E-state index contributed by atoms with van der Waals surface area (Å²) in [7, 11) is 0. The molecule has 6 N–H and O–H groups in total. The minimum atomic E-state index is -0.144. The molecule has 1 aromatic heterocycles. The first-order valence-electron chi connectivity index (χ1n) is 5.45. The lowest BCUT2D eigenvalue weighted by Gasteiger charge is -2.18. The summed E-state index contributed by atoms with van der Waals surface area (Å²) in [5.41, 5.74) is 13.0. The van der Waals surface area contributed by atoms with E-state index in [2.05, 4.69) is 47.7 Å². The SMILES string of the molecule is Cc1ccc(C(NN)c2cn[nH]c2N)c(C)c1. The summed E-state index contributed by atoms with van der Waals surface area (Å²) in [5, 5.41) is 6.63. The van der Waals surface area contributed by atoms with Gasteiger partial charge < -0.3 is 5.73 Å². The molecule has 0 amide bonds. The average Bonchev–Trinajstić information content (AvgIpc) is 2.69. The van der Waals surface area contributed by atoms with Crippen LogP contribution < -0.4 is 17.0 Å². The molecule has 0 saturated carbocycles. The second-order valence-corrected chi connectivity index (χ2v) is 4.20. The predicted molar refractivity (Wildman–Crippen MR) is 68.1 cm³/mol. The van der Waals surface area contributed by atoms with Gasteiger partial charge in [0.1, 0.15) is 5.82 Å². The van der Waals surface area contributed by atoms with Crippen molar-refractivity contribution in [3.8, 4) is 0 Å². The number of H-pyrrole nitrogens is 1. The van der Waals surface area contributed by atoms with Gasteiger partial charge in [-0.05, 0) is 25.0 Å². The smallest absolute Gasteiger partial charge is 0.124 e. The Kier molecular flexibility index (Phi) is 3.12. The van der Waals surface area contributed by atoms with Crippen molar-refractivity contribution in [2.24, 2.45) is 5.84 Å². The van der Waals surface area contributed by atoms with Crippen LogP contribution in [0.15, 0.2) is 24.4 Å². The van der Waals surface area contributed by atoms with Gasteiger partial charge in [-0.25, -0.2) is 5.43 Å². The third kappa shape index (κ3) is 2.15. The number of aromatic amines is 1. The van der Waals surface area contributed by atoms with Crippen molar-refractivity contribution in [2.45, 2.75) is 19.9 Å². The molecular weight excluding hydrogens is 214 g/mol. The van der Waals surface area contributed by atoms with Crippen LogP contribution in [-0.4, -0.2) is 10.2 Å². The van der Waals surface area contributed by atoms with Crippen LogP contribution in [0, 0.1) is 13.8 Å². The minimum absolute atomic E-state index is 0.144. The van der Waals surface area contributed by atoms with Crippen molar-refractivity contribution < 1.29 is 0 Å². The minimum Gasteiger partial charge on any atom is -0.384 e. The summed E-state index contributed by atoms with van der Waals surface area (Å²) in [6.07, 6.45) is 1.69. The third-order valence-corrected chi connectivity index (χ3v) is 2.91. The van der Waals surface area contributed by atoms with E-state index in [0.29, 0.717) is 5.82 Å². The van der Waals surface area contributed by atoms with E-state index in [1.807, 2.05) is 0 Å². The predicted octanol–water partition coefficient (Wildman–Crippen LogP) is 1.16. The molecule has 1 heterocycles. The molecule has 0 spiro atoms. The van der Waals surface area contributed by atoms with Crippen molar-refractivity contribution >= 4 is 5.82 Å². The fourth-order valence-corrected chi connectivity index (χ4v) is 2.03. The molecule has 0 fully saturated rings. The number of rotatable bonds is 3. The van der Waals surface area contributed by atoms with Crippen LogP contribution in [0.3, 0.4) is 0 Å². The molecular formula is C12H17N5. The molecule has 2 rings (SSSR count). The number of hydrogen-bond acceptors (Lipinski definition) is 4. The zero-order valence-corrected chi connectivity index (χ0v) is 9.99. The molecule has 0 saturated heterocycles. The van der Waals surface area contributed by atoms with Gasteiger partial charge in [-0.1, -0.05) is 23.8 Å². The first-order chi connectivity index (χ1) is 8.13. The Bertz CT molecular complexity index is 517. The van der Waals surface area contributed by atoms with E-state index in [0.717, 1.165) is 11.1 Å². The maximum atomic E-state index is 5.82. The van der Waals surface area contributed by atoms with E-state index in [4.69, 9.17) is 11.6 Å². The van der Waals surface area contributed by atoms with Crippen LogP contribution in [0.2, 0.25) is 0 Å². The number of nitrogens with two attached hydrogens (primary N) is 2. The molecule has 1 aromatic carbocycles. The van der Waals surface area contributed by atoms with E-state index in [1.165, 1.54) is 11.1 Å². The summed E-state index contributed by atoms with van der Waals surface area (Å²) in [6, 6.07) is 6.09. The Balaban J connectivity index is 2.46. The number of hydrogen-bond donors (Lipinski definition) is 4. The van der Waals surface area contributed by atoms with E-state index in [-0.39, 0.29) is 6.04 Å². The summed E-state index contributed by atoms with van der Waals surface area (Å²) >= 11 is 0. The van der Waals surface area contributed by atoms with Gasteiger partial charge in [0.2, 0.25) is 0 Å². The quantitative estimate of drug-likeness (QED) is 0.471. The zero-order chi connectivity index (χ0) is 12.4. The van der Waals surface area contributed by atoms with Crippen molar-refractivity contribution in [2.75, 3.05) is 5.73 Å². The van der Waals surface area contributed by atoms with Crippen LogP contribution in [-0.2, 0) is 0 Å². The molecule has 0 radical (unpaired) electrons. The standard InChI is InChI=1S/C12H17N5/c1-7-3-4-9(8(2)5-7)11(16-14)10-6-15-17-12(10)13/h3-6,11,16H,14H2,1-2H3,(H3,13,15,17). The van der Waals surface area contributed by atoms with Crippen molar-refractivity contribution in [3.05, 3.63) is 46.6 Å². The zero-order valence-electron chi connectivity index (χ0n) is 9.99. The molecule has 5 nitrogen and oxygen atoms in total. The summed E-state index contributed by atoms with van der Waals surface area (Å²) < 4.78 is 0. The highest BCUT2D eigenvalue weighted by atomic mass is 15.2. The normalized spacial score (nSPS) is 12.6. The van der Waals surface area contributed by atoms with Crippen LogP contribution in [0.4, 0.5) is 5.82 Å². The maximum absolute atomic E-state index is 5.82. The number of aryl methyl sites for hydroxylation is 2. The fourth-order valence-electron chi connectivity index (χ4n) is 2.03. The second-order valence-electron chi connectivity index (χ2n) is 4.20. The lowest BCUT2D eigenvalue weighted by molar-refractivity contribution is 0.635. The van der Waals surface area contributed by atoms with Gasteiger partial charge in [0, 0.05) is 5.56 Å². The van der Waals surface area contributed by atoms with Crippen LogP contribution in [0.25, 0.3) is 0 Å². The first-order valence-corrected chi connectivity index (χ1v) is 5.45. The van der Waals surface area contributed by atoms with Crippen LogP contribution in [0.1, 0.15) is 28.3 Å². The first kappa shape index (κ1) is 11.6. The molecule has 0 aliphatic heterocycles. The Morgan fingerprint density at radius 3 is 2.59 bits per heavy atom. The molecule has 90 valence electrons. The summed E-state index contributed by atoms with van der Waals surface area (Å²) in [4.78, 5) is 0. The van der Waals surface area contributed by atoms with Gasteiger partial charge in [0.05, 0.1) is 12.2 Å². The number of nitrogen functional groups attached to an aromatic ring is 1. The highest BCUT2D eigenvalue weighted by molar-refractivity contribution is 5.46. The van der Waals surface area contributed by atoms with Gasteiger partial charge in [-0.15, -0.1) is 0 Å². The second kappa shape index (κ2) is 4.57. The molecule has 1 atom stereocenters. The fraction of sp³-hybridized carbons (Fsp3) is 0.250. The Labute approximate surface area is 100 Å². The average molecular weight is 231 g/mol. The van der Waals surface area contributed by atoms with Crippen molar-refractivity contribution in [1.82, 2.24) is 15.6 Å². The molecule has 17 heavy (non-hydrogen) atoms. The molecule has 2 aromatic rings. The molecule has 1 unspecified atom stereocenters. The van der Waals surface area contributed by atoms with E-state index >= 15 is 0 Å². The lowest BCUT2D eigenvalue weighted by atomic mass is 9.95. The number of benzene rings is 1. The van der Waals surface area contributed by atoms with Crippen molar-refractivity contribution in [3.63, 3.8) is 0 Å². The summed E-state index contributed by atoms with van der Waals surface area (Å²) in [6.45, 7) is 4.12. The molecule has 0 aliphatic carbocycles. The van der Waals surface area contributed by atoms with Crippen molar-refractivity contribution in [1.29, 1.82) is 0 Å². The molecule has 5 heteroatoms. The number of anilines is 1. The Morgan fingerprint density at radius 2 is 2.06 bits per heavy atom. The van der Waals surface area contributed by atoms with E-state index in [9.17, 15) is 0 Å². The topological polar surface area (TPSA) is 92.7 Å².